The van der Waals surface area contributed by atoms with E-state index < -0.39 is 5.57 Å². The topological polar surface area (TPSA) is 3.24 Å². The van der Waals surface area contributed by atoms with Crippen molar-refractivity contribution in [3.05, 3.63) is 0 Å². The van der Waals surface area contributed by atoms with Crippen LogP contribution >= 0.6 is 0 Å². The molecule has 0 aliphatic carbocycles. The van der Waals surface area contributed by atoms with Crippen molar-refractivity contribution in [2.45, 2.75) is 31.9 Å². The van der Waals surface area contributed by atoms with Gasteiger partial charge < -0.3 is 4.90 Å². The van der Waals surface area contributed by atoms with Crippen molar-refractivity contribution in [1.82, 2.24) is 4.90 Å². The van der Waals surface area contributed by atoms with Gasteiger partial charge in [-0.05, 0) is 19.4 Å². The van der Waals surface area contributed by atoms with E-state index in [1.165, 1.54) is 0 Å². The Hall–Kier alpha value is -0.0451. The van der Waals surface area contributed by atoms with Crippen LogP contribution in [0.2, 0.25) is 0 Å². The average Bonchev–Trinajstić information content (AvgIpc) is 2.05. The molecule has 1 rings (SSSR count). The summed E-state index contributed by atoms with van der Waals surface area (Å²) in [5.74, 6) is 0.487. The third kappa shape index (κ3) is 1.95. The lowest BCUT2D eigenvalue weighted by atomic mass is 9.80. The van der Waals surface area contributed by atoms with Gasteiger partial charge in [0, 0.05) is 12.6 Å². The summed E-state index contributed by atoms with van der Waals surface area (Å²) in [5.41, 5.74) is -1.45. The fraction of sp³-hybridized carbons (Fsp3) is 1.00. The number of rotatable bonds is 1. The van der Waals surface area contributed by atoms with Gasteiger partial charge >= 0.3 is 0 Å². The predicted molar refractivity (Wildman–Crippen MR) is 45.5 cm³/mol. The molecule has 0 saturated carbocycles. The first-order valence-electron chi connectivity index (χ1n) is 4.10. The number of hydrogen-bond acceptors (Lipinski definition) is 1. The van der Waals surface area contributed by atoms with E-state index in [4.69, 9.17) is 7.85 Å². The summed E-state index contributed by atoms with van der Waals surface area (Å²) in [6.45, 7) is 4.57. The fourth-order valence-corrected chi connectivity index (χ4v) is 1.84. The van der Waals surface area contributed by atoms with Crippen molar-refractivity contribution in [1.29, 1.82) is 0 Å². The van der Waals surface area contributed by atoms with E-state index in [1.54, 1.807) is 0 Å². The molecule has 1 fully saturated rings. The molecule has 0 N–H and O–H groups in total. The minimum atomic E-state index is -1.45. The van der Waals surface area contributed by atoms with Crippen molar-refractivity contribution >= 4 is 7.85 Å². The molecule has 0 aromatic heterocycles. The molecule has 0 bridgehead atoms. The quantitative estimate of drug-likeness (QED) is 0.514. The van der Waals surface area contributed by atoms with Crippen LogP contribution in [0.1, 0.15) is 20.3 Å². The molecule has 62 valence electrons. The van der Waals surface area contributed by atoms with E-state index in [-0.39, 0.29) is 0 Å². The number of alkyl halides is 1. The molecular weight excluding hydrogens is 140 g/mol. The van der Waals surface area contributed by atoms with Crippen molar-refractivity contribution in [2.75, 3.05) is 13.6 Å². The molecule has 1 saturated heterocycles. The minimum Gasteiger partial charge on any atom is -0.301 e. The molecule has 0 aromatic rings. The minimum absolute atomic E-state index is 0.310. The van der Waals surface area contributed by atoms with Gasteiger partial charge in [0.1, 0.15) is 7.85 Å². The Morgan fingerprint density at radius 2 is 2.18 bits per heavy atom. The largest absolute Gasteiger partial charge is 0.301 e. The van der Waals surface area contributed by atoms with Gasteiger partial charge in [-0.2, -0.15) is 0 Å². The van der Waals surface area contributed by atoms with Gasteiger partial charge in [0.2, 0.25) is 0 Å². The zero-order chi connectivity index (χ0) is 8.65. The number of halogens is 1. The SMILES string of the molecule is [B]C1(F)CC(C(C)C)N(C)C1. The first-order chi connectivity index (χ1) is 4.92. The van der Waals surface area contributed by atoms with E-state index in [2.05, 4.69) is 13.8 Å². The lowest BCUT2D eigenvalue weighted by Gasteiger charge is -2.22. The van der Waals surface area contributed by atoms with Gasteiger partial charge in [-0.15, -0.1) is 0 Å². The van der Waals surface area contributed by atoms with Crippen LogP contribution in [0.25, 0.3) is 0 Å². The first-order valence-corrected chi connectivity index (χ1v) is 4.10. The molecule has 11 heavy (non-hydrogen) atoms. The highest BCUT2D eigenvalue weighted by Crippen LogP contribution is 2.30. The summed E-state index contributed by atoms with van der Waals surface area (Å²) in [6.07, 6.45) is 0.473. The molecule has 0 spiro atoms. The summed E-state index contributed by atoms with van der Waals surface area (Å²) in [4.78, 5) is 2.00. The van der Waals surface area contributed by atoms with Crippen molar-refractivity contribution in [3.63, 3.8) is 0 Å². The van der Waals surface area contributed by atoms with Gasteiger partial charge in [0.05, 0.1) is 5.57 Å². The van der Waals surface area contributed by atoms with Crippen molar-refractivity contribution in [3.8, 4) is 0 Å². The van der Waals surface area contributed by atoms with Crippen LogP contribution < -0.4 is 0 Å². The van der Waals surface area contributed by atoms with Crippen LogP contribution in [-0.2, 0) is 0 Å². The highest BCUT2D eigenvalue weighted by molar-refractivity contribution is 6.14. The Labute approximate surface area is 69.4 Å². The summed E-state index contributed by atoms with van der Waals surface area (Å²) < 4.78 is 13.2. The van der Waals surface area contributed by atoms with E-state index in [0.717, 1.165) is 0 Å². The third-order valence-electron chi connectivity index (χ3n) is 2.40. The van der Waals surface area contributed by atoms with Crippen LogP contribution in [0, 0.1) is 5.92 Å². The zero-order valence-electron chi connectivity index (χ0n) is 7.47. The predicted octanol–water partition coefficient (Wildman–Crippen LogP) is 1.18. The lowest BCUT2D eigenvalue weighted by Crippen LogP contribution is -2.30. The van der Waals surface area contributed by atoms with Gasteiger partial charge in [-0.3, -0.25) is 4.39 Å². The molecule has 1 aliphatic heterocycles. The Balaban J connectivity index is 2.59. The van der Waals surface area contributed by atoms with Crippen molar-refractivity contribution < 1.29 is 4.39 Å². The van der Waals surface area contributed by atoms with E-state index in [0.29, 0.717) is 24.9 Å². The Kier molecular flexibility index (Phi) is 2.28. The molecule has 2 radical (unpaired) electrons. The normalized spacial score (nSPS) is 40.3. The maximum absolute atomic E-state index is 13.2. The van der Waals surface area contributed by atoms with Crippen LogP contribution in [0.3, 0.4) is 0 Å². The summed E-state index contributed by atoms with van der Waals surface area (Å²) in [5, 5.41) is 0. The monoisotopic (exact) mass is 155 g/mol. The van der Waals surface area contributed by atoms with E-state index in [1.807, 2.05) is 11.9 Å². The Bertz CT molecular complexity index is 147. The smallest absolute Gasteiger partial charge is 0.123 e. The fourth-order valence-electron chi connectivity index (χ4n) is 1.84. The second kappa shape index (κ2) is 2.78. The van der Waals surface area contributed by atoms with Gasteiger partial charge in [0.25, 0.3) is 0 Å². The van der Waals surface area contributed by atoms with Crippen LogP contribution in [0.5, 0.6) is 0 Å². The molecule has 0 amide bonds. The highest BCUT2D eigenvalue weighted by atomic mass is 19.1. The number of hydrogen-bond donors (Lipinski definition) is 0. The number of nitrogens with zero attached hydrogens (tertiary/aromatic N) is 1. The van der Waals surface area contributed by atoms with Crippen LogP contribution in [0.15, 0.2) is 0 Å². The Morgan fingerprint density at radius 3 is 2.36 bits per heavy atom. The molecule has 2 unspecified atom stereocenters. The summed E-state index contributed by atoms with van der Waals surface area (Å²) in [6, 6.07) is 0.310. The number of likely N-dealkylation sites (tertiary alicyclic amines) is 1. The molecule has 1 aliphatic rings. The van der Waals surface area contributed by atoms with E-state index in [9.17, 15) is 4.39 Å². The van der Waals surface area contributed by atoms with E-state index >= 15 is 0 Å². The molecule has 1 heterocycles. The third-order valence-corrected chi connectivity index (χ3v) is 2.40. The van der Waals surface area contributed by atoms with Gasteiger partial charge in [-0.25, -0.2) is 0 Å². The summed E-state index contributed by atoms with van der Waals surface area (Å²) in [7, 11) is 7.32. The maximum Gasteiger partial charge on any atom is 0.123 e. The second-order valence-corrected chi connectivity index (χ2v) is 3.97. The maximum atomic E-state index is 13.2. The standard InChI is InChI=1S/C8H15BFN/c1-6(2)7-4-8(9,10)5-11(7)3/h6-7H,4-5H2,1-3H3. The van der Waals surface area contributed by atoms with Gasteiger partial charge in [0.15, 0.2) is 0 Å². The van der Waals surface area contributed by atoms with Crippen molar-refractivity contribution in [2.24, 2.45) is 5.92 Å². The Morgan fingerprint density at radius 1 is 1.64 bits per heavy atom. The molecular formula is C8H15BFN. The lowest BCUT2D eigenvalue weighted by molar-refractivity contribution is 0.244. The molecule has 3 heteroatoms. The zero-order valence-corrected chi connectivity index (χ0v) is 7.47. The molecule has 1 nitrogen and oxygen atoms in total. The van der Waals surface area contributed by atoms with Gasteiger partial charge in [-0.1, -0.05) is 13.8 Å². The highest BCUT2D eigenvalue weighted by Gasteiger charge is 2.39. The molecule has 0 aromatic carbocycles. The summed E-state index contributed by atoms with van der Waals surface area (Å²) >= 11 is 0. The van der Waals surface area contributed by atoms with Crippen LogP contribution in [-0.4, -0.2) is 37.9 Å². The van der Waals surface area contributed by atoms with Crippen LogP contribution in [0.4, 0.5) is 4.39 Å². The average molecular weight is 155 g/mol. The first kappa shape index (κ1) is 9.05. The second-order valence-electron chi connectivity index (χ2n) is 3.97. The molecule has 2 atom stereocenters.